The lowest BCUT2D eigenvalue weighted by atomic mass is 10.1. The molecule has 1 amide bonds. The van der Waals surface area contributed by atoms with Gasteiger partial charge in [0.2, 0.25) is 5.91 Å². The molecule has 168 valence electrons. The first-order chi connectivity index (χ1) is 14.8. The molecule has 1 aromatic carbocycles. The van der Waals surface area contributed by atoms with Gasteiger partial charge >= 0.3 is 6.36 Å². The van der Waals surface area contributed by atoms with E-state index in [4.69, 9.17) is 0 Å². The summed E-state index contributed by atoms with van der Waals surface area (Å²) in [5.41, 5.74) is 0.814. The first-order valence-electron chi connectivity index (χ1n) is 10.1. The molecule has 10 heteroatoms. The number of aromatic nitrogens is 2. The largest absolute Gasteiger partial charge is 0.573 e. The Hall–Kier alpha value is -2.88. The van der Waals surface area contributed by atoms with Crippen molar-refractivity contribution in [2.24, 2.45) is 0 Å². The summed E-state index contributed by atoms with van der Waals surface area (Å²) in [7, 11) is 1.91. The van der Waals surface area contributed by atoms with Gasteiger partial charge in [0.15, 0.2) is 5.82 Å². The van der Waals surface area contributed by atoms with Crippen LogP contribution in [0.1, 0.15) is 18.4 Å². The first kappa shape index (κ1) is 22.8. The average molecular weight is 437 g/mol. The molecule has 0 radical (unpaired) electrons. The van der Waals surface area contributed by atoms with Crippen LogP contribution in [0.3, 0.4) is 0 Å². The van der Waals surface area contributed by atoms with Crippen LogP contribution in [0.5, 0.6) is 5.75 Å². The molecule has 31 heavy (non-hydrogen) atoms. The molecule has 1 saturated heterocycles. The van der Waals surface area contributed by atoms with Gasteiger partial charge in [-0.25, -0.2) is 0 Å². The Bertz CT molecular complexity index is 833. The summed E-state index contributed by atoms with van der Waals surface area (Å²) in [6.07, 6.45) is -0.420. The SMILES string of the molecule is CN(CC(=O)NCCc1ccc(OC(F)(F)F)cc1)CC1CCCN1c1cccnn1. The van der Waals surface area contributed by atoms with E-state index in [1.54, 1.807) is 18.3 Å². The van der Waals surface area contributed by atoms with Gasteiger partial charge in [0.25, 0.3) is 0 Å². The van der Waals surface area contributed by atoms with E-state index in [0.29, 0.717) is 13.0 Å². The van der Waals surface area contributed by atoms with Crippen molar-refractivity contribution < 1.29 is 22.7 Å². The fourth-order valence-corrected chi connectivity index (χ4v) is 3.70. The number of nitrogens with zero attached hydrogens (tertiary/aromatic N) is 4. The van der Waals surface area contributed by atoms with Gasteiger partial charge in [-0.15, -0.1) is 18.3 Å². The van der Waals surface area contributed by atoms with Gasteiger partial charge in [0.1, 0.15) is 5.75 Å². The molecule has 3 rings (SSSR count). The molecular formula is C21H26F3N5O2. The van der Waals surface area contributed by atoms with Crippen LogP contribution in [-0.2, 0) is 11.2 Å². The second kappa shape index (κ2) is 10.4. The van der Waals surface area contributed by atoms with Gasteiger partial charge in [-0.1, -0.05) is 12.1 Å². The molecule has 1 aliphatic rings. The number of anilines is 1. The monoisotopic (exact) mass is 437 g/mol. The number of amides is 1. The number of benzene rings is 1. The number of rotatable bonds is 9. The fourth-order valence-electron chi connectivity index (χ4n) is 3.70. The maximum absolute atomic E-state index is 12.2. The van der Waals surface area contributed by atoms with Gasteiger partial charge in [0, 0.05) is 31.9 Å². The third kappa shape index (κ3) is 7.39. The Morgan fingerprint density at radius 3 is 2.74 bits per heavy atom. The van der Waals surface area contributed by atoms with E-state index in [-0.39, 0.29) is 24.2 Å². The number of hydrogen-bond donors (Lipinski definition) is 1. The first-order valence-corrected chi connectivity index (χ1v) is 10.1. The van der Waals surface area contributed by atoms with E-state index >= 15 is 0 Å². The van der Waals surface area contributed by atoms with Crippen LogP contribution in [0.25, 0.3) is 0 Å². The van der Waals surface area contributed by atoms with E-state index in [1.807, 2.05) is 24.1 Å². The molecule has 0 aliphatic carbocycles. The highest BCUT2D eigenvalue weighted by Crippen LogP contribution is 2.24. The minimum absolute atomic E-state index is 0.0939. The molecule has 0 saturated carbocycles. The number of hydrogen-bond acceptors (Lipinski definition) is 6. The molecule has 1 N–H and O–H groups in total. The number of halogens is 3. The minimum atomic E-state index is -4.70. The Morgan fingerprint density at radius 2 is 2.06 bits per heavy atom. The number of alkyl halides is 3. The third-order valence-electron chi connectivity index (χ3n) is 5.06. The fraction of sp³-hybridized carbons (Fsp3) is 0.476. The lowest BCUT2D eigenvalue weighted by molar-refractivity contribution is -0.274. The number of likely N-dealkylation sites (N-methyl/N-ethyl adjacent to an activating group) is 1. The number of carbonyl (C=O) groups excluding carboxylic acids is 1. The highest BCUT2D eigenvalue weighted by Gasteiger charge is 2.31. The van der Waals surface area contributed by atoms with Crippen LogP contribution < -0.4 is 15.0 Å². The summed E-state index contributed by atoms with van der Waals surface area (Å²) >= 11 is 0. The Morgan fingerprint density at radius 1 is 1.29 bits per heavy atom. The zero-order chi connectivity index (χ0) is 22.3. The Balaban J connectivity index is 1.38. The lowest BCUT2D eigenvalue weighted by Crippen LogP contribution is -2.43. The maximum atomic E-state index is 12.2. The minimum Gasteiger partial charge on any atom is -0.406 e. The van der Waals surface area contributed by atoms with Gasteiger partial charge in [-0.2, -0.15) is 5.10 Å². The molecule has 2 aromatic rings. The number of nitrogens with one attached hydrogen (secondary N) is 1. The van der Waals surface area contributed by atoms with Crippen molar-refractivity contribution >= 4 is 11.7 Å². The maximum Gasteiger partial charge on any atom is 0.573 e. The van der Waals surface area contributed by atoms with Crippen molar-refractivity contribution in [2.45, 2.75) is 31.7 Å². The van der Waals surface area contributed by atoms with Crippen molar-refractivity contribution in [3.63, 3.8) is 0 Å². The average Bonchev–Trinajstić information content (AvgIpc) is 3.16. The topological polar surface area (TPSA) is 70.6 Å². The molecule has 1 atom stereocenters. The second-order valence-electron chi connectivity index (χ2n) is 7.56. The van der Waals surface area contributed by atoms with E-state index in [1.165, 1.54) is 12.1 Å². The van der Waals surface area contributed by atoms with Crippen LogP contribution >= 0.6 is 0 Å². The van der Waals surface area contributed by atoms with Crippen LogP contribution in [0.15, 0.2) is 42.6 Å². The van der Waals surface area contributed by atoms with Gasteiger partial charge in [-0.3, -0.25) is 9.69 Å². The van der Waals surface area contributed by atoms with Crippen molar-refractivity contribution in [1.29, 1.82) is 0 Å². The summed E-state index contributed by atoms with van der Waals surface area (Å²) < 4.78 is 40.4. The van der Waals surface area contributed by atoms with Gasteiger partial charge < -0.3 is 15.0 Å². The zero-order valence-corrected chi connectivity index (χ0v) is 17.3. The summed E-state index contributed by atoms with van der Waals surface area (Å²) in [5, 5.41) is 11.0. The summed E-state index contributed by atoms with van der Waals surface area (Å²) in [6, 6.07) is 9.74. The van der Waals surface area contributed by atoms with Crippen LogP contribution in [0.2, 0.25) is 0 Å². The van der Waals surface area contributed by atoms with Crippen molar-refractivity contribution in [3.8, 4) is 5.75 Å². The number of carbonyl (C=O) groups is 1. The highest BCUT2D eigenvalue weighted by atomic mass is 19.4. The number of ether oxygens (including phenoxy) is 1. The Kier molecular flexibility index (Phi) is 7.67. The lowest BCUT2D eigenvalue weighted by Gasteiger charge is -2.28. The van der Waals surface area contributed by atoms with E-state index < -0.39 is 6.36 Å². The quantitative estimate of drug-likeness (QED) is 0.651. The van der Waals surface area contributed by atoms with Crippen LogP contribution in [0, 0.1) is 0 Å². The molecule has 1 unspecified atom stereocenters. The van der Waals surface area contributed by atoms with Crippen molar-refractivity contribution in [1.82, 2.24) is 20.4 Å². The van der Waals surface area contributed by atoms with Crippen LogP contribution in [-0.4, -0.2) is 66.6 Å². The van der Waals surface area contributed by atoms with Gasteiger partial charge in [0.05, 0.1) is 6.54 Å². The van der Waals surface area contributed by atoms with Crippen molar-refractivity contribution in [2.75, 3.05) is 38.1 Å². The summed E-state index contributed by atoms with van der Waals surface area (Å²) in [4.78, 5) is 16.5. The molecule has 0 bridgehead atoms. The highest BCUT2D eigenvalue weighted by molar-refractivity contribution is 5.78. The third-order valence-corrected chi connectivity index (χ3v) is 5.06. The summed E-state index contributed by atoms with van der Waals surface area (Å²) in [6.45, 7) is 2.34. The zero-order valence-electron chi connectivity index (χ0n) is 17.3. The standard InChI is InChI=1S/C21H26F3N5O2/c1-28(14-17-4-3-13-29(17)19-5-2-11-26-27-19)15-20(30)25-12-10-16-6-8-18(9-7-16)31-21(22,23)24/h2,5-9,11,17H,3-4,10,12-15H2,1H3,(H,25,30). The summed E-state index contributed by atoms with van der Waals surface area (Å²) in [5.74, 6) is 0.502. The molecule has 7 nitrogen and oxygen atoms in total. The predicted octanol–water partition coefficient (Wildman–Crippen LogP) is 2.63. The molecule has 0 spiro atoms. The molecule has 2 heterocycles. The molecule has 1 fully saturated rings. The molecule has 1 aliphatic heterocycles. The molecule has 1 aromatic heterocycles. The molecular weight excluding hydrogens is 411 g/mol. The second-order valence-corrected chi connectivity index (χ2v) is 7.56. The van der Waals surface area contributed by atoms with Crippen molar-refractivity contribution in [3.05, 3.63) is 48.2 Å². The predicted molar refractivity (Wildman–Crippen MR) is 110 cm³/mol. The van der Waals surface area contributed by atoms with E-state index in [2.05, 4.69) is 25.2 Å². The van der Waals surface area contributed by atoms with Crippen LogP contribution in [0.4, 0.5) is 19.0 Å². The Labute approximate surface area is 179 Å². The van der Waals surface area contributed by atoms with E-state index in [9.17, 15) is 18.0 Å². The van der Waals surface area contributed by atoms with Gasteiger partial charge in [-0.05, 0) is 56.1 Å². The normalized spacial score (nSPS) is 16.5. The smallest absolute Gasteiger partial charge is 0.406 e. The van der Waals surface area contributed by atoms with E-state index in [0.717, 1.165) is 37.3 Å².